The number of nitrogens with zero attached hydrogens (tertiary/aromatic N) is 3. The van der Waals surface area contributed by atoms with Gasteiger partial charge in [-0.1, -0.05) is 37.3 Å². The van der Waals surface area contributed by atoms with Crippen LogP contribution in [0.4, 0.5) is 5.95 Å². The smallest absolute Gasteiger partial charge is 0.225 e. The fourth-order valence-electron chi connectivity index (χ4n) is 1.83. The largest absolute Gasteiger partial charge is 0.340 e. The molecule has 4 nitrogen and oxygen atoms in total. The molecule has 0 fully saturated rings. The van der Waals surface area contributed by atoms with Gasteiger partial charge in [0, 0.05) is 38.1 Å². The highest BCUT2D eigenvalue weighted by Crippen LogP contribution is 2.09. The summed E-state index contributed by atoms with van der Waals surface area (Å²) < 4.78 is 0. The van der Waals surface area contributed by atoms with Gasteiger partial charge in [-0.05, 0) is 12.1 Å². The standard InChI is InChI=1S/C15H20N4/c1-3-16-9-14-10-17-15(18-11-14)19(2)12-13-7-5-4-6-8-13/h4-8,10-11,16H,3,9,12H2,1-2H3. The normalized spacial score (nSPS) is 10.4. The van der Waals surface area contributed by atoms with E-state index in [1.165, 1.54) is 5.56 Å². The Balaban J connectivity index is 1.97. The molecule has 0 aliphatic heterocycles. The summed E-state index contributed by atoms with van der Waals surface area (Å²) in [5.74, 6) is 0.754. The summed E-state index contributed by atoms with van der Waals surface area (Å²) in [6.07, 6.45) is 3.76. The van der Waals surface area contributed by atoms with E-state index in [2.05, 4.69) is 34.3 Å². The van der Waals surface area contributed by atoms with Crippen LogP contribution in [-0.4, -0.2) is 23.6 Å². The number of benzene rings is 1. The first-order chi connectivity index (χ1) is 9.29. The highest BCUT2D eigenvalue weighted by molar-refractivity contribution is 5.31. The minimum atomic E-state index is 0.754. The molecule has 0 aliphatic rings. The second-order valence-corrected chi connectivity index (χ2v) is 4.51. The van der Waals surface area contributed by atoms with E-state index in [-0.39, 0.29) is 0 Å². The number of anilines is 1. The Morgan fingerprint density at radius 3 is 2.37 bits per heavy atom. The van der Waals surface area contributed by atoms with Crippen LogP contribution in [0, 0.1) is 0 Å². The number of nitrogens with one attached hydrogen (secondary N) is 1. The fraction of sp³-hybridized carbons (Fsp3) is 0.333. The van der Waals surface area contributed by atoms with Crippen LogP contribution in [-0.2, 0) is 13.1 Å². The molecule has 0 amide bonds. The molecule has 0 radical (unpaired) electrons. The maximum atomic E-state index is 4.40. The molecule has 1 aromatic heterocycles. The zero-order valence-electron chi connectivity index (χ0n) is 11.5. The molecule has 0 spiro atoms. The second-order valence-electron chi connectivity index (χ2n) is 4.51. The lowest BCUT2D eigenvalue weighted by atomic mass is 10.2. The summed E-state index contributed by atoms with van der Waals surface area (Å²) in [5, 5.41) is 3.26. The van der Waals surface area contributed by atoms with Gasteiger partial charge in [0.2, 0.25) is 5.95 Å². The quantitative estimate of drug-likeness (QED) is 0.860. The predicted octanol–water partition coefficient (Wildman–Crippen LogP) is 2.22. The predicted molar refractivity (Wildman–Crippen MR) is 78.0 cm³/mol. The lowest BCUT2D eigenvalue weighted by Gasteiger charge is -2.17. The minimum Gasteiger partial charge on any atom is -0.340 e. The number of hydrogen-bond donors (Lipinski definition) is 1. The Hall–Kier alpha value is -1.94. The third kappa shape index (κ3) is 4.03. The molecule has 0 bridgehead atoms. The lowest BCUT2D eigenvalue weighted by molar-refractivity contribution is 0.719. The SMILES string of the molecule is CCNCc1cnc(N(C)Cc2ccccc2)nc1. The van der Waals surface area contributed by atoms with E-state index >= 15 is 0 Å². The van der Waals surface area contributed by atoms with Gasteiger partial charge in [-0.3, -0.25) is 0 Å². The van der Waals surface area contributed by atoms with Crippen LogP contribution in [0.25, 0.3) is 0 Å². The molecular formula is C15H20N4. The van der Waals surface area contributed by atoms with Crippen LogP contribution >= 0.6 is 0 Å². The van der Waals surface area contributed by atoms with E-state index in [1.807, 2.05) is 42.5 Å². The van der Waals surface area contributed by atoms with Crippen molar-refractivity contribution in [1.82, 2.24) is 15.3 Å². The average molecular weight is 256 g/mol. The molecular weight excluding hydrogens is 236 g/mol. The van der Waals surface area contributed by atoms with Gasteiger partial charge in [0.15, 0.2) is 0 Å². The Labute approximate surface area is 114 Å². The van der Waals surface area contributed by atoms with Crippen molar-refractivity contribution in [2.75, 3.05) is 18.5 Å². The molecule has 1 aromatic carbocycles. The number of hydrogen-bond acceptors (Lipinski definition) is 4. The molecule has 0 aliphatic carbocycles. The summed E-state index contributed by atoms with van der Waals surface area (Å²) in [6, 6.07) is 10.3. The fourth-order valence-corrected chi connectivity index (χ4v) is 1.83. The van der Waals surface area contributed by atoms with Crippen molar-refractivity contribution in [3.8, 4) is 0 Å². The molecule has 100 valence electrons. The van der Waals surface area contributed by atoms with Crippen LogP contribution in [0.3, 0.4) is 0 Å². The van der Waals surface area contributed by atoms with Crippen molar-refractivity contribution < 1.29 is 0 Å². The van der Waals surface area contributed by atoms with Crippen molar-refractivity contribution in [3.05, 3.63) is 53.9 Å². The van der Waals surface area contributed by atoms with Gasteiger partial charge in [-0.15, -0.1) is 0 Å². The first-order valence-corrected chi connectivity index (χ1v) is 6.56. The van der Waals surface area contributed by atoms with E-state index in [4.69, 9.17) is 0 Å². The van der Waals surface area contributed by atoms with E-state index in [1.54, 1.807) is 0 Å². The number of rotatable bonds is 6. The lowest BCUT2D eigenvalue weighted by Crippen LogP contribution is -2.19. The van der Waals surface area contributed by atoms with Gasteiger partial charge in [0.1, 0.15) is 0 Å². The van der Waals surface area contributed by atoms with Gasteiger partial charge in [0.25, 0.3) is 0 Å². The summed E-state index contributed by atoms with van der Waals surface area (Å²) in [6.45, 7) is 4.67. The van der Waals surface area contributed by atoms with Crippen LogP contribution in [0.15, 0.2) is 42.7 Å². The Bertz CT molecular complexity index is 481. The van der Waals surface area contributed by atoms with E-state index in [0.717, 1.165) is 31.1 Å². The average Bonchev–Trinajstić information content (AvgIpc) is 2.46. The second kappa shape index (κ2) is 6.85. The summed E-state index contributed by atoms with van der Waals surface area (Å²) >= 11 is 0. The molecule has 1 heterocycles. The number of aromatic nitrogens is 2. The van der Waals surface area contributed by atoms with Crippen molar-refractivity contribution in [2.45, 2.75) is 20.0 Å². The first kappa shape index (κ1) is 13.5. The minimum absolute atomic E-state index is 0.754. The van der Waals surface area contributed by atoms with Crippen LogP contribution in [0.1, 0.15) is 18.1 Å². The van der Waals surface area contributed by atoms with E-state index < -0.39 is 0 Å². The molecule has 1 N–H and O–H groups in total. The summed E-state index contributed by atoms with van der Waals surface area (Å²) in [4.78, 5) is 10.9. The van der Waals surface area contributed by atoms with Gasteiger partial charge >= 0.3 is 0 Å². The maximum Gasteiger partial charge on any atom is 0.225 e. The van der Waals surface area contributed by atoms with Crippen LogP contribution in [0.2, 0.25) is 0 Å². The summed E-state index contributed by atoms with van der Waals surface area (Å²) in [5.41, 5.74) is 2.36. The molecule has 0 saturated carbocycles. The van der Waals surface area contributed by atoms with Gasteiger partial charge in [-0.2, -0.15) is 0 Å². The van der Waals surface area contributed by atoms with Gasteiger partial charge < -0.3 is 10.2 Å². The van der Waals surface area contributed by atoms with Gasteiger partial charge in [-0.25, -0.2) is 9.97 Å². The zero-order chi connectivity index (χ0) is 13.5. The monoisotopic (exact) mass is 256 g/mol. The highest BCUT2D eigenvalue weighted by atomic mass is 15.2. The zero-order valence-corrected chi connectivity index (χ0v) is 11.5. The molecule has 2 rings (SSSR count). The van der Waals surface area contributed by atoms with Crippen LogP contribution in [0.5, 0.6) is 0 Å². The maximum absolute atomic E-state index is 4.40. The molecule has 19 heavy (non-hydrogen) atoms. The van der Waals surface area contributed by atoms with E-state index in [0.29, 0.717) is 0 Å². The molecule has 4 heteroatoms. The van der Waals surface area contributed by atoms with E-state index in [9.17, 15) is 0 Å². The third-order valence-electron chi connectivity index (χ3n) is 2.87. The first-order valence-electron chi connectivity index (χ1n) is 6.56. The molecule has 0 atom stereocenters. The van der Waals surface area contributed by atoms with Crippen molar-refractivity contribution in [1.29, 1.82) is 0 Å². The topological polar surface area (TPSA) is 41.1 Å². The Kier molecular flexibility index (Phi) is 4.86. The van der Waals surface area contributed by atoms with Crippen molar-refractivity contribution >= 4 is 5.95 Å². The van der Waals surface area contributed by atoms with Crippen LogP contribution < -0.4 is 10.2 Å². The van der Waals surface area contributed by atoms with Gasteiger partial charge in [0.05, 0.1) is 0 Å². The summed E-state index contributed by atoms with van der Waals surface area (Å²) in [7, 11) is 2.01. The van der Waals surface area contributed by atoms with Crippen molar-refractivity contribution in [3.63, 3.8) is 0 Å². The van der Waals surface area contributed by atoms with Crippen molar-refractivity contribution in [2.24, 2.45) is 0 Å². The Morgan fingerprint density at radius 2 is 1.74 bits per heavy atom. The molecule has 2 aromatic rings. The molecule has 0 saturated heterocycles. The highest BCUT2D eigenvalue weighted by Gasteiger charge is 2.04. The Morgan fingerprint density at radius 1 is 1.05 bits per heavy atom. The molecule has 0 unspecified atom stereocenters. The third-order valence-corrected chi connectivity index (χ3v) is 2.87.